The van der Waals surface area contributed by atoms with E-state index in [0.717, 1.165) is 0 Å². The number of hydrogen-bond acceptors (Lipinski definition) is 6. The third kappa shape index (κ3) is 2.40. The summed E-state index contributed by atoms with van der Waals surface area (Å²) < 4.78 is 6.32. The number of nitrogens with zero attached hydrogens (tertiary/aromatic N) is 5. The largest absolute Gasteiger partial charge is 0.437 e. The van der Waals surface area contributed by atoms with Gasteiger partial charge in [0.15, 0.2) is 5.82 Å². The van der Waals surface area contributed by atoms with Crippen molar-refractivity contribution < 1.29 is 4.42 Å². The number of aromatic nitrogens is 6. The molecule has 0 radical (unpaired) electrons. The van der Waals surface area contributed by atoms with Crippen LogP contribution in [-0.2, 0) is 6.54 Å². The van der Waals surface area contributed by atoms with Crippen LogP contribution in [0.5, 0.6) is 0 Å². The molecule has 0 saturated carbocycles. The predicted octanol–water partition coefficient (Wildman–Crippen LogP) is 0.277. The van der Waals surface area contributed by atoms with Crippen molar-refractivity contribution in [3.63, 3.8) is 0 Å². The van der Waals surface area contributed by atoms with Crippen LogP contribution >= 0.6 is 0 Å². The number of hydrogen-bond donors (Lipinski definition) is 1. The van der Waals surface area contributed by atoms with Crippen LogP contribution in [0.4, 0.5) is 0 Å². The van der Waals surface area contributed by atoms with E-state index in [0.29, 0.717) is 18.3 Å². The highest BCUT2D eigenvalue weighted by atomic mass is 16.4. The fourth-order valence-corrected chi connectivity index (χ4v) is 1.39. The molecule has 0 fully saturated rings. The van der Waals surface area contributed by atoms with Crippen LogP contribution in [0.2, 0.25) is 0 Å². The van der Waals surface area contributed by atoms with Crippen molar-refractivity contribution in [3.8, 4) is 0 Å². The molecule has 1 N–H and O–H groups in total. The lowest BCUT2D eigenvalue weighted by Crippen LogP contribution is -2.20. The molecule has 0 amide bonds. The van der Waals surface area contributed by atoms with Gasteiger partial charge in [-0.1, -0.05) is 20.8 Å². The summed E-state index contributed by atoms with van der Waals surface area (Å²) in [5.74, 6) is 0.663. The lowest BCUT2D eigenvalue weighted by atomic mass is 10.2. The molecule has 1 unspecified atom stereocenters. The summed E-state index contributed by atoms with van der Waals surface area (Å²) in [5, 5.41) is 17.5. The van der Waals surface area contributed by atoms with Gasteiger partial charge >= 0.3 is 5.76 Å². The maximum atomic E-state index is 11.5. The van der Waals surface area contributed by atoms with Gasteiger partial charge in [-0.3, -0.25) is 0 Å². The summed E-state index contributed by atoms with van der Waals surface area (Å²) in [7, 11) is 0. The van der Waals surface area contributed by atoms with E-state index in [1.54, 1.807) is 0 Å². The summed E-state index contributed by atoms with van der Waals surface area (Å²) in [5.41, 5.74) is 0. The van der Waals surface area contributed by atoms with Crippen molar-refractivity contribution in [2.45, 2.75) is 39.2 Å². The van der Waals surface area contributed by atoms with Crippen molar-refractivity contribution in [2.75, 3.05) is 0 Å². The zero-order chi connectivity index (χ0) is 12.4. The van der Waals surface area contributed by atoms with Crippen molar-refractivity contribution in [3.05, 3.63) is 22.3 Å². The average molecular weight is 238 g/mol. The number of tetrazole rings is 1. The summed E-state index contributed by atoms with van der Waals surface area (Å²) in [6.07, 6.45) is 0. The monoisotopic (exact) mass is 238 g/mol. The predicted molar refractivity (Wildman–Crippen MR) is 57.4 cm³/mol. The molecule has 0 saturated heterocycles. The number of aromatic amines is 1. The normalized spacial score (nSPS) is 13.2. The zero-order valence-corrected chi connectivity index (χ0v) is 9.91. The minimum Gasteiger partial charge on any atom is -0.392 e. The van der Waals surface area contributed by atoms with Crippen LogP contribution in [0.25, 0.3) is 0 Å². The Hall–Kier alpha value is -1.99. The first-order chi connectivity index (χ1) is 8.08. The second-order valence-corrected chi connectivity index (χ2v) is 4.23. The second-order valence-electron chi connectivity index (χ2n) is 4.23. The van der Waals surface area contributed by atoms with Crippen LogP contribution in [0, 0.1) is 0 Å². The quantitative estimate of drug-likeness (QED) is 0.820. The molecule has 0 aliphatic carbocycles. The van der Waals surface area contributed by atoms with Gasteiger partial charge in [-0.05, 0) is 10.4 Å². The first kappa shape index (κ1) is 11.5. The van der Waals surface area contributed by atoms with Gasteiger partial charge in [0.1, 0.15) is 0 Å². The van der Waals surface area contributed by atoms with Crippen molar-refractivity contribution in [2.24, 2.45) is 0 Å². The summed E-state index contributed by atoms with van der Waals surface area (Å²) in [6, 6.07) is 0. The van der Waals surface area contributed by atoms with Crippen LogP contribution < -0.4 is 5.76 Å². The summed E-state index contributed by atoms with van der Waals surface area (Å²) in [6.45, 7) is 6.11. The Morgan fingerprint density at radius 3 is 2.71 bits per heavy atom. The fourth-order valence-electron chi connectivity index (χ4n) is 1.39. The molecular weight excluding hydrogens is 224 g/mol. The highest BCUT2D eigenvalue weighted by molar-refractivity contribution is 4.89. The molecule has 92 valence electrons. The van der Waals surface area contributed by atoms with Gasteiger partial charge in [0.25, 0.3) is 0 Å². The molecule has 0 aromatic carbocycles. The van der Waals surface area contributed by atoms with E-state index >= 15 is 0 Å². The lowest BCUT2D eigenvalue weighted by molar-refractivity contribution is 0.424. The SMILES string of the molecule is CC(C)c1nn(CC(C)c2nnn[nH]2)c(=O)o1. The molecular formula is C9H14N6O2. The smallest absolute Gasteiger partial charge is 0.392 e. The molecule has 2 rings (SSSR count). The van der Waals surface area contributed by atoms with Gasteiger partial charge in [-0.2, -0.15) is 4.68 Å². The Morgan fingerprint density at radius 2 is 2.18 bits per heavy atom. The molecule has 0 aliphatic rings. The molecule has 17 heavy (non-hydrogen) atoms. The van der Waals surface area contributed by atoms with Crippen LogP contribution in [-0.4, -0.2) is 30.4 Å². The minimum atomic E-state index is -0.451. The Balaban J connectivity index is 2.16. The van der Waals surface area contributed by atoms with Crippen molar-refractivity contribution in [1.29, 1.82) is 0 Å². The van der Waals surface area contributed by atoms with E-state index < -0.39 is 5.76 Å². The molecule has 2 aromatic heterocycles. The molecule has 0 spiro atoms. The van der Waals surface area contributed by atoms with Crippen molar-refractivity contribution >= 4 is 0 Å². The van der Waals surface area contributed by atoms with E-state index in [1.165, 1.54) is 4.68 Å². The van der Waals surface area contributed by atoms with E-state index in [2.05, 4.69) is 25.7 Å². The van der Waals surface area contributed by atoms with Crippen LogP contribution in [0.15, 0.2) is 9.21 Å². The Morgan fingerprint density at radius 1 is 1.41 bits per heavy atom. The Bertz CT molecular complexity index is 526. The minimum absolute atomic E-state index is 0.0344. The third-order valence-electron chi connectivity index (χ3n) is 2.39. The van der Waals surface area contributed by atoms with Crippen molar-refractivity contribution in [1.82, 2.24) is 30.4 Å². The first-order valence-corrected chi connectivity index (χ1v) is 5.39. The molecule has 2 aromatic rings. The second kappa shape index (κ2) is 4.48. The highest BCUT2D eigenvalue weighted by Gasteiger charge is 2.16. The van der Waals surface area contributed by atoms with Gasteiger partial charge < -0.3 is 4.42 Å². The van der Waals surface area contributed by atoms with E-state index in [9.17, 15) is 4.79 Å². The number of H-pyrrole nitrogens is 1. The van der Waals surface area contributed by atoms with Gasteiger partial charge in [-0.25, -0.2) is 9.89 Å². The molecule has 0 aliphatic heterocycles. The molecule has 8 nitrogen and oxygen atoms in total. The molecule has 8 heteroatoms. The standard InChI is InChI=1S/C9H14N6O2/c1-5(2)8-12-15(9(16)17-8)4-6(3)7-10-13-14-11-7/h5-6H,4H2,1-3H3,(H,10,11,13,14). The van der Waals surface area contributed by atoms with Gasteiger partial charge in [0, 0.05) is 11.8 Å². The van der Waals surface area contributed by atoms with E-state index in [1.807, 2.05) is 20.8 Å². The third-order valence-corrected chi connectivity index (χ3v) is 2.39. The fraction of sp³-hybridized carbons (Fsp3) is 0.667. The summed E-state index contributed by atoms with van der Waals surface area (Å²) in [4.78, 5) is 11.5. The molecule has 0 bridgehead atoms. The van der Waals surface area contributed by atoms with Gasteiger partial charge in [0.05, 0.1) is 6.54 Å². The Kier molecular flexibility index (Phi) is 3.03. The number of rotatable bonds is 4. The molecule has 2 heterocycles. The van der Waals surface area contributed by atoms with Gasteiger partial charge in [0.2, 0.25) is 5.89 Å². The van der Waals surface area contributed by atoms with Crippen LogP contribution in [0.3, 0.4) is 0 Å². The van der Waals surface area contributed by atoms with E-state index in [4.69, 9.17) is 4.42 Å². The molecule has 1 atom stereocenters. The van der Waals surface area contributed by atoms with E-state index in [-0.39, 0.29) is 11.8 Å². The Labute approximate surface area is 97.0 Å². The highest BCUT2D eigenvalue weighted by Crippen LogP contribution is 2.12. The number of nitrogens with one attached hydrogen (secondary N) is 1. The first-order valence-electron chi connectivity index (χ1n) is 5.39. The summed E-state index contributed by atoms with van der Waals surface area (Å²) >= 11 is 0. The average Bonchev–Trinajstić information content (AvgIpc) is 2.88. The maximum Gasteiger partial charge on any atom is 0.437 e. The maximum absolute atomic E-state index is 11.5. The zero-order valence-electron chi connectivity index (χ0n) is 9.91. The van der Waals surface area contributed by atoms with Crippen LogP contribution in [0.1, 0.15) is 44.3 Å². The lowest BCUT2D eigenvalue weighted by Gasteiger charge is -2.04. The topological polar surface area (TPSA) is 102 Å². The van der Waals surface area contributed by atoms with Gasteiger partial charge in [-0.15, -0.1) is 10.2 Å².